The van der Waals surface area contributed by atoms with Crippen molar-refractivity contribution in [1.29, 1.82) is 0 Å². The molecule has 1 aromatic carbocycles. The third-order valence-corrected chi connectivity index (χ3v) is 2.67. The van der Waals surface area contributed by atoms with Gasteiger partial charge in [-0.05, 0) is 18.2 Å². The van der Waals surface area contributed by atoms with Crippen LogP contribution in [0.5, 0.6) is 0 Å². The summed E-state index contributed by atoms with van der Waals surface area (Å²) in [6, 6.07) is 6.33. The fourth-order valence-corrected chi connectivity index (χ4v) is 1.46. The van der Waals surface area contributed by atoms with Crippen molar-refractivity contribution in [1.82, 2.24) is 10.2 Å². The topological polar surface area (TPSA) is 57.8 Å². The first kappa shape index (κ1) is 11.0. The van der Waals surface area contributed by atoms with Crippen LogP contribution in [0.2, 0.25) is 10.0 Å². The summed E-state index contributed by atoms with van der Waals surface area (Å²) in [4.78, 5) is 11.7. The number of halogens is 2. The Bertz CT molecular complexity index is 511. The van der Waals surface area contributed by atoms with Gasteiger partial charge in [-0.3, -0.25) is 9.89 Å². The number of carbonyl (C=O) groups is 1. The highest BCUT2D eigenvalue weighted by Crippen LogP contribution is 2.22. The molecule has 0 unspecified atom stereocenters. The number of H-pyrrole nitrogens is 1. The Morgan fingerprint density at radius 2 is 2.06 bits per heavy atom. The molecule has 0 aliphatic heterocycles. The Labute approximate surface area is 102 Å². The molecule has 0 atom stereocenters. The highest BCUT2D eigenvalue weighted by atomic mass is 35.5. The molecule has 0 saturated carbocycles. The molecule has 1 aromatic heterocycles. The first-order valence-corrected chi connectivity index (χ1v) is 5.18. The van der Waals surface area contributed by atoms with E-state index in [1.54, 1.807) is 24.4 Å². The molecule has 2 N–H and O–H groups in total. The van der Waals surface area contributed by atoms with Crippen LogP contribution in [0, 0.1) is 0 Å². The van der Waals surface area contributed by atoms with E-state index in [2.05, 4.69) is 15.5 Å². The molecule has 1 amide bonds. The van der Waals surface area contributed by atoms with E-state index < -0.39 is 0 Å². The van der Waals surface area contributed by atoms with Gasteiger partial charge in [-0.15, -0.1) is 0 Å². The summed E-state index contributed by atoms with van der Waals surface area (Å²) in [6.45, 7) is 0. The van der Waals surface area contributed by atoms with Gasteiger partial charge < -0.3 is 5.32 Å². The summed E-state index contributed by atoms with van der Waals surface area (Å²) >= 11 is 11.6. The largest absolute Gasteiger partial charge is 0.307 e. The van der Waals surface area contributed by atoms with Crippen molar-refractivity contribution in [2.24, 2.45) is 0 Å². The van der Waals surface area contributed by atoms with Crippen molar-refractivity contribution in [2.75, 3.05) is 5.32 Å². The fourth-order valence-electron chi connectivity index (χ4n) is 1.16. The van der Waals surface area contributed by atoms with Crippen LogP contribution < -0.4 is 5.32 Å². The number of anilines is 1. The van der Waals surface area contributed by atoms with Crippen molar-refractivity contribution in [3.8, 4) is 0 Å². The molecule has 82 valence electrons. The monoisotopic (exact) mass is 255 g/mol. The number of nitrogens with one attached hydrogen (secondary N) is 2. The maximum atomic E-state index is 11.7. The average molecular weight is 256 g/mol. The molecule has 1 heterocycles. The second kappa shape index (κ2) is 4.55. The summed E-state index contributed by atoms with van der Waals surface area (Å²) in [5.41, 5.74) is 0.434. The normalized spacial score (nSPS) is 10.1. The molecule has 6 heteroatoms. The van der Waals surface area contributed by atoms with Gasteiger partial charge in [-0.1, -0.05) is 23.2 Å². The van der Waals surface area contributed by atoms with Gasteiger partial charge >= 0.3 is 0 Å². The summed E-state index contributed by atoms with van der Waals surface area (Å²) in [6.07, 6.45) is 1.55. The predicted octanol–water partition coefficient (Wildman–Crippen LogP) is 2.97. The molecular weight excluding hydrogens is 249 g/mol. The number of hydrogen-bond donors (Lipinski definition) is 2. The number of rotatable bonds is 2. The number of carbonyl (C=O) groups excluding carboxylic acids is 1. The number of benzene rings is 1. The summed E-state index contributed by atoms with van der Waals surface area (Å²) in [7, 11) is 0. The van der Waals surface area contributed by atoms with E-state index in [-0.39, 0.29) is 5.91 Å². The molecule has 0 bridgehead atoms. The van der Waals surface area contributed by atoms with Gasteiger partial charge in [0.05, 0.1) is 16.2 Å². The Kier molecular flexibility index (Phi) is 3.12. The van der Waals surface area contributed by atoms with Gasteiger partial charge in [-0.25, -0.2) is 0 Å². The molecule has 2 aromatic rings. The first-order valence-electron chi connectivity index (χ1n) is 4.42. The van der Waals surface area contributed by atoms with Gasteiger partial charge in [0.15, 0.2) is 0 Å². The van der Waals surface area contributed by atoms with Crippen LogP contribution in [0.15, 0.2) is 30.5 Å². The number of aromatic nitrogens is 2. The average Bonchev–Trinajstić information content (AvgIpc) is 2.74. The lowest BCUT2D eigenvalue weighted by Crippen LogP contribution is -2.12. The smallest absolute Gasteiger partial charge is 0.256 e. The van der Waals surface area contributed by atoms with Crippen LogP contribution >= 0.6 is 23.2 Å². The van der Waals surface area contributed by atoms with Gasteiger partial charge in [0.2, 0.25) is 0 Å². The van der Waals surface area contributed by atoms with Crippen LogP contribution in [0.25, 0.3) is 0 Å². The molecule has 0 radical (unpaired) electrons. The summed E-state index contributed by atoms with van der Waals surface area (Å²) < 4.78 is 0. The van der Waals surface area contributed by atoms with Crippen LogP contribution in [0.3, 0.4) is 0 Å². The first-order chi connectivity index (χ1) is 7.66. The number of amides is 1. The van der Waals surface area contributed by atoms with Crippen molar-refractivity contribution < 1.29 is 4.79 Å². The Balaban J connectivity index is 2.18. The minimum atomic E-state index is -0.275. The highest BCUT2D eigenvalue weighted by molar-refractivity contribution is 6.42. The Hall–Kier alpha value is -1.52. The van der Waals surface area contributed by atoms with E-state index in [4.69, 9.17) is 23.2 Å². The SMILES string of the molecule is O=C(Nc1ccn[nH]1)c1ccc(Cl)c(Cl)c1. The van der Waals surface area contributed by atoms with Gasteiger partial charge in [0.25, 0.3) is 5.91 Å². The molecular formula is C10H7Cl2N3O. The van der Waals surface area contributed by atoms with Gasteiger partial charge in [0, 0.05) is 11.6 Å². The summed E-state index contributed by atoms with van der Waals surface area (Å²) in [5, 5.41) is 9.73. The van der Waals surface area contributed by atoms with Crippen molar-refractivity contribution in [3.05, 3.63) is 46.1 Å². The molecule has 0 fully saturated rings. The lowest BCUT2D eigenvalue weighted by atomic mass is 10.2. The third kappa shape index (κ3) is 2.35. The number of nitrogens with zero attached hydrogens (tertiary/aromatic N) is 1. The van der Waals surface area contributed by atoms with Crippen LogP contribution in [-0.2, 0) is 0 Å². The lowest BCUT2D eigenvalue weighted by Gasteiger charge is -2.03. The van der Waals surface area contributed by atoms with Crippen LogP contribution in [0.1, 0.15) is 10.4 Å². The number of hydrogen-bond acceptors (Lipinski definition) is 2. The van der Waals surface area contributed by atoms with E-state index in [1.807, 2.05) is 0 Å². The minimum Gasteiger partial charge on any atom is -0.307 e. The molecule has 0 aliphatic carbocycles. The zero-order chi connectivity index (χ0) is 11.5. The van der Waals surface area contributed by atoms with E-state index in [1.165, 1.54) is 6.07 Å². The van der Waals surface area contributed by atoms with E-state index in [9.17, 15) is 4.79 Å². The van der Waals surface area contributed by atoms with Crippen molar-refractivity contribution in [3.63, 3.8) is 0 Å². The predicted molar refractivity (Wildman–Crippen MR) is 63.0 cm³/mol. The second-order valence-electron chi connectivity index (χ2n) is 3.05. The van der Waals surface area contributed by atoms with Crippen molar-refractivity contribution in [2.45, 2.75) is 0 Å². The highest BCUT2D eigenvalue weighted by Gasteiger charge is 2.08. The van der Waals surface area contributed by atoms with E-state index in [0.717, 1.165) is 0 Å². The third-order valence-electron chi connectivity index (χ3n) is 1.93. The quantitative estimate of drug-likeness (QED) is 0.867. The Morgan fingerprint density at radius 3 is 2.69 bits per heavy atom. The number of aromatic amines is 1. The minimum absolute atomic E-state index is 0.275. The lowest BCUT2D eigenvalue weighted by molar-refractivity contribution is 0.102. The standard InChI is InChI=1S/C10H7Cl2N3O/c11-7-2-1-6(5-8(7)12)10(16)14-9-3-4-13-15-9/h1-5H,(H2,13,14,15,16). The Morgan fingerprint density at radius 1 is 1.25 bits per heavy atom. The second-order valence-corrected chi connectivity index (χ2v) is 3.87. The molecule has 16 heavy (non-hydrogen) atoms. The molecule has 2 rings (SSSR count). The molecule has 0 spiro atoms. The van der Waals surface area contributed by atoms with E-state index >= 15 is 0 Å². The van der Waals surface area contributed by atoms with E-state index in [0.29, 0.717) is 21.4 Å². The molecule has 4 nitrogen and oxygen atoms in total. The zero-order valence-electron chi connectivity index (χ0n) is 8.00. The summed E-state index contributed by atoms with van der Waals surface area (Å²) in [5.74, 6) is 0.249. The van der Waals surface area contributed by atoms with Gasteiger partial charge in [0.1, 0.15) is 5.82 Å². The zero-order valence-corrected chi connectivity index (χ0v) is 9.51. The molecule has 0 saturated heterocycles. The fraction of sp³-hybridized carbons (Fsp3) is 0. The van der Waals surface area contributed by atoms with Crippen LogP contribution in [-0.4, -0.2) is 16.1 Å². The van der Waals surface area contributed by atoms with Gasteiger partial charge in [-0.2, -0.15) is 5.10 Å². The molecule has 0 aliphatic rings. The van der Waals surface area contributed by atoms with Crippen molar-refractivity contribution >= 4 is 34.9 Å². The maximum Gasteiger partial charge on any atom is 0.256 e. The van der Waals surface area contributed by atoms with Crippen LogP contribution in [0.4, 0.5) is 5.82 Å². The maximum absolute atomic E-state index is 11.7.